The van der Waals surface area contributed by atoms with Crippen LogP contribution in [0.3, 0.4) is 0 Å². The second-order valence-electron chi connectivity index (χ2n) is 6.34. The van der Waals surface area contributed by atoms with Crippen LogP contribution in [-0.4, -0.2) is 10.2 Å². The van der Waals surface area contributed by atoms with Crippen molar-refractivity contribution >= 4 is 57.6 Å². The highest BCUT2D eigenvalue weighted by molar-refractivity contribution is 8.27. The van der Waals surface area contributed by atoms with Crippen LogP contribution in [0.2, 0.25) is 5.02 Å². The molecule has 0 N–H and O–H groups in total. The van der Waals surface area contributed by atoms with Gasteiger partial charge in [-0.1, -0.05) is 78.0 Å². The molecule has 0 aromatic heterocycles. The predicted molar refractivity (Wildman–Crippen MR) is 124 cm³/mol. The number of rotatable bonds is 5. The Labute approximate surface area is 183 Å². The zero-order valence-corrected chi connectivity index (χ0v) is 17.6. The van der Waals surface area contributed by atoms with Gasteiger partial charge in [-0.15, -0.1) is 0 Å². The summed E-state index contributed by atoms with van der Waals surface area (Å²) in [5, 5.41) is 0.613. The number of carbonyl (C=O) groups is 1. The molecule has 3 aromatic carbocycles. The topological polar surface area (TPSA) is 29.5 Å². The summed E-state index contributed by atoms with van der Waals surface area (Å²) in [7, 11) is 0. The van der Waals surface area contributed by atoms with E-state index in [4.69, 9.17) is 28.6 Å². The molecule has 1 aliphatic heterocycles. The highest BCUT2D eigenvalue weighted by Crippen LogP contribution is 2.36. The molecule has 144 valence electrons. The van der Waals surface area contributed by atoms with Crippen LogP contribution in [0.1, 0.15) is 11.1 Å². The van der Waals surface area contributed by atoms with Crippen molar-refractivity contribution in [1.29, 1.82) is 0 Å². The van der Waals surface area contributed by atoms with Gasteiger partial charge < -0.3 is 4.74 Å². The molecule has 4 rings (SSSR count). The van der Waals surface area contributed by atoms with E-state index >= 15 is 0 Å². The van der Waals surface area contributed by atoms with Crippen LogP contribution in [0.25, 0.3) is 6.08 Å². The quantitative estimate of drug-likeness (QED) is 0.345. The van der Waals surface area contributed by atoms with Crippen LogP contribution < -0.4 is 9.64 Å². The molecule has 1 heterocycles. The number of thiocarbonyl (C=S) groups is 1. The molecule has 0 unspecified atom stereocenters. The zero-order valence-electron chi connectivity index (χ0n) is 15.2. The molecular weight excluding hydrogens is 422 g/mol. The van der Waals surface area contributed by atoms with Gasteiger partial charge in [-0.2, -0.15) is 0 Å². The van der Waals surface area contributed by atoms with Crippen LogP contribution in [0.15, 0.2) is 83.8 Å². The van der Waals surface area contributed by atoms with Crippen LogP contribution in [0, 0.1) is 0 Å². The van der Waals surface area contributed by atoms with Crippen molar-refractivity contribution in [2.24, 2.45) is 0 Å². The lowest BCUT2D eigenvalue weighted by Gasteiger charge is -2.14. The fraction of sp³-hybridized carbons (Fsp3) is 0.0435. The number of thioether (sulfide) groups is 1. The molecule has 0 bridgehead atoms. The van der Waals surface area contributed by atoms with Crippen molar-refractivity contribution < 1.29 is 9.53 Å². The van der Waals surface area contributed by atoms with Gasteiger partial charge in [0.2, 0.25) is 0 Å². The van der Waals surface area contributed by atoms with Crippen molar-refractivity contribution in [2.75, 3.05) is 4.90 Å². The van der Waals surface area contributed by atoms with Crippen LogP contribution in [0.5, 0.6) is 5.75 Å². The van der Waals surface area contributed by atoms with E-state index in [0.29, 0.717) is 26.5 Å². The summed E-state index contributed by atoms with van der Waals surface area (Å²) in [6, 6.07) is 24.7. The van der Waals surface area contributed by atoms with Crippen LogP contribution in [-0.2, 0) is 11.4 Å². The normalized spacial score (nSPS) is 15.2. The first-order chi connectivity index (χ1) is 14.1. The fourth-order valence-electron chi connectivity index (χ4n) is 2.87. The zero-order chi connectivity index (χ0) is 20.2. The monoisotopic (exact) mass is 437 g/mol. The van der Waals surface area contributed by atoms with Crippen molar-refractivity contribution in [2.45, 2.75) is 6.61 Å². The first-order valence-corrected chi connectivity index (χ1v) is 10.5. The Bertz CT molecular complexity index is 1080. The largest absolute Gasteiger partial charge is 0.489 e. The average Bonchev–Trinajstić information content (AvgIpc) is 3.01. The number of anilines is 1. The van der Waals surface area contributed by atoms with Gasteiger partial charge in [0, 0.05) is 5.02 Å². The standard InChI is InChI=1S/C23H16ClNO2S2/c24-18-9-11-19(12-10-18)25-22(26)21(29-23(25)28)14-17-7-4-8-20(13-17)27-15-16-5-2-1-3-6-16/h1-14H,15H2/b21-14-. The Kier molecular flexibility index (Phi) is 6.00. The lowest BCUT2D eigenvalue weighted by molar-refractivity contribution is -0.113. The molecule has 0 aliphatic carbocycles. The van der Waals surface area contributed by atoms with E-state index in [1.807, 2.05) is 60.7 Å². The van der Waals surface area contributed by atoms with Gasteiger partial charge in [0.05, 0.1) is 10.6 Å². The van der Waals surface area contributed by atoms with Gasteiger partial charge in [-0.05, 0) is 53.6 Å². The summed E-state index contributed by atoms with van der Waals surface area (Å²) in [5.41, 5.74) is 2.69. The number of hydrogen-bond donors (Lipinski definition) is 0. The van der Waals surface area contributed by atoms with Crippen LogP contribution >= 0.6 is 35.6 Å². The Hall–Kier alpha value is -2.60. The summed E-state index contributed by atoms with van der Waals surface area (Å²) < 4.78 is 6.38. The van der Waals surface area contributed by atoms with Crippen LogP contribution in [0.4, 0.5) is 5.69 Å². The maximum atomic E-state index is 12.9. The summed E-state index contributed by atoms with van der Waals surface area (Å²) in [6.07, 6.45) is 1.84. The number of ether oxygens (including phenoxy) is 1. The molecule has 3 nitrogen and oxygen atoms in total. The predicted octanol–water partition coefficient (Wildman–Crippen LogP) is 6.32. The molecule has 0 atom stereocenters. The minimum Gasteiger partial charge on any atom is -0.489 e. The molecule has 1 saturated heterocycles. The summed E-state index contributed by atoms with van der Waals surface area (Å²) in [5.74, 6) is 0.605. The lowest BCUT2D eigenvalue weighted by atomic mass is 10.2. The van der Waals surface area contributed by atoms with Gasteiger partial charge in [-0.25, -0.2) is 0 Å². The van der Waals surface area contributed by atoms with Gasteiger partial charge in [-0.3, -0.25) is 9.69 Å². The molecule has 0 radical (unpaired) electrons. The molecule has 3 aromatic rings. The summed E-state index contributed by atoms with van der Waals surface area (Å²) in [4.78, 5) is 15.0. The van der Waals surface area contributed by atoms with E-state index in [1.165, 1.54) is 16.7 Å². The number of halogens is 1. The second-order valence-corrected chi connectivity index (χ2v) is 8.45. The smallest absolute Gasteiger partial charge is 0.270 e. The summed E-state index contributed by atoms with van der Waals surface area (Å²) in [6.45, 7) is 0.489. The molecule has 0 spiro atoms. The molecule has 1 aliphatic rings. The van der Waals surface area contributed by atoms with E-state index in [2.05, 4.69) is 0 Å². The van der Waals surface area contributed by atoms with Crippen molar-refractivity contribution in [3.8, 4) is 5.75 Å². The highest BCUT2D eigenvalue weighted by Gasteiger charge is 2.33. The Balaban J connectivity index is 1.51. The van der Waals surface area contributed by atoms with Gasteiger partial charge in [0.1, 0.15) is 12.4 Å². The Morgan fingerprint density at radius 2 is 1.76 bits per heavy atom. The SMILES string of the molecule is O=C1/C(=C/c2cccc(OCc3ccccc3)c2)SC(=S)N1c1ccc(Cl)cc1. The minimum atomic E-state index is -0.141. The van der Waals surface area contributed by atoms with Gasteiger partial charge in [0.15, 0.2) is 4.32 Å². The number of amides is 1. The fourth-order valence-corrected chi connectivity index (χ4v) is 4.29. The third kappa shape index (κ3) is 4.70. The second kappa shape index (κ2) is 8.82. The van der Waals surface area contributed by atoms with E-state index in [1.54, 1.807) is 24.3 Å². The molecule has 1 fully saturated rings. The average molecular weight is 438 g/mol. The van der Waals surface area contributed by atoms with E-state index in [0.717, 1.165) is 16.9 Å². The molecule has 0 saturated carbocycles. The maximum Gasteiger partial charge on any atom is 0.270 e. The maximum absolute atomic E-state index is 12.9. The molecule has 29 heavy (non-hydrogen) atoms. The third-order valence-electron chi connectivity index (χ3n) is 4.28. The van der Waals surface area contributed by atoms with Gasteiger partial charge in [0.25, 0.3) is 5.91 Å². The number of hydrogen-bond acceptors (Lipinski definition) is 4. The van der Waals surface area contributed by atoms with Crippen molar-refractivity contribution in [1.82, 2.24) is 0 Å². The van der Waals surface area contributed by atoms with Crippen molar-refractivity contribution in [3.63, 3.8) is 0 Å². The lowest BCUT2D eigenvalue weighted by Crippen LogP contribution is -2.27. The van der Waals surface area contributed by atoms with E-state index in [-0.39, 0.29) is 5.91 Å². The van der Waals surface area contributed by atoms with Gasteiger partial charge >= 0.3 is 0 Å². The van der Waals surface area contributed by atoms with E-state index in [9.17, 15) is 4.79 Å². The first-order valence-electron chi connectivity index (χ1n) is 8.90. The number of nitrogens with zero attached hydrogens (tertiary/aromatic N) is 1. The molecule has 1 amide bonds. The molecular formula is C23H16ClNO2S2. The molecule has 6 heteroatoms. The Morgan fingerprint density at radius 1 is 1.00 bits per heavy atom. The third-order valence-corrected chi connectivity index (χ3v) is 5.84. The minimum absolute atomic E-state index is 0.141. The number of benzene rings is 3. The number of carbonyl (C=O) groups excluding carboxylic acids is 1. The van der Waals surface area contributed by atoms with E-state index < -0.39 is 0 Å². The van der Waals surface area contributed by atoms with Crippen molar-refractivity contribution in [3.05, 3.63) is 99.9 Å². The Morgan fingerprint density at radius 3 is 2.52 bits per heavy atom. The highest BCUT2D eigenvalue weighted by atomic mass is 35.5. The first kappa shape index (κ1) is 19.7. The summed E-state index contributed by atoms with van der Waals surface area (Å²) >= 11 is 12.6.